The van der Waals surface area contributed by atoms with Crippen LogP contribution in [0.3, 0.4) is 0 Å². The Morgan fingerprint density at radius 1 is 1.13 bits per heavy atom. The Labute approximate surface area is 134 Å². The normalized spacial score (nSPS) is 9.61. The molecule has 0 saturated carbocycles. The highest BCUT2D eigenvalue weighted by Crippen LogP contribution is 2.11. The van der Waals surface area contributed by atoms with Gasteiger partial charge in [0.05, 0.1) is 13.0 Å². The first-order valence-corrected chi connectivity index (χ1v) is 7.15. The average molecular weight is 320 g/mol. The molecule has 23 heavy (non-hydrogen) atoms. The molecule has 7 nitrogen and oxygen atoms in total. The third-order valence-electron chi connectivity index (χ3n) is 2.66. The van der Waals surface area contributed by atoms with Crippen LogP contribution < -0.4 is 15.6 Å². The number of benzene rings is 1. The van der Waals surface area contributed by atoms with Gasteiger partial charge >= 0.3 is 5.97 Å². The van der Waals surface area contributed by atoms with E-state index in [0.29, 0.717) is 17.9 Å². The quantitative estimate of drug-likeness (QED) is 0.428. The fourth-order valence-electron chi connectivity index (χ4n) is 1.57. The molecule has 0 aliphatic carbocycles. The van der Waals surface area contributed by atoms with Crippen LogP contribution in [0.2, 0.25) is 0 Å². The van der Waals surface area contributed by atoms with Crippen molar-refractivity contribution in [2.24, 2.45) is 0 Å². The minimum absolute atomic E-state index is 0.0368. The van der Waals surface area contributed by atoms with Gasteiger partial charge in [-0.05, 0) is 31.2 Å². The molecule has 0 aliphatic rings. The maximum absolute atomic E-state index is 11.8. The predicted molar refractivity (Wildman–Crippen MR) is 83.6 cm³/mol. The van der Waals surface area contributed by atoms with Crippen molar-refractivity contribution in [2.45, 2.75) is 19.8 Å². The van der Waals surface area contributed by atoms with E-state index in [1.165, 1.54) is 0 Å². The summed E-state index contributed by atoms with van der Waals surface area (Å²) in [6.45, 7) is 5.87. The monoisotopic (exact) mass is 320 g/mol. The second-order valence-electron chi connectivity index (χ2n) is 4.43. The standard InChI is InChI=1S/C16H20N2O5/c1-3-11-23-13-7-5-12(6-8-13)16(21)18-17-14(19)9-10-15(20)22-4-2/h3,5-8H,1,4,9-11H2,2H3,(H,17,19)(H,18,21). The van der Waals surface area contributed by atoms with Crippen LogP contribution in [0.5, 0.6) is 5.75 Å². The molecular weight excluding hydrogens is 300 g/mol. The van der Waals surface area contributed by atoms with Crippen LogP contribution in [-0.4, -0.2) is 31.0 Å². The third-order valence-corrected chi connectivity index (χ3v) is 2.66. The average Bonchev–Trinajstić information content (AvgIpc) is 2.56. The molecule has 2 N–H and O–H groups in total. The summed E-state index contributed by atoms with van der Waals surface area (Å²) in [6, 6.07) is 6.42. The molecule has 0 atom stereocenters. The molecule has 0 radical (unpaired) electrons. The van der Waals surface area contributed by atoms with Gasteiger partial charge in [0.15, 0.2) is 0 Å². The molecule has 1 aromatic rings. The first-order chi connectivity index (χ1) is 11.1. The number of esters is 1. The summed E-state index contributed by atoms with van der Waals surface area (Å²) in [7, 11) is 0. The van der Waals surface area contributed by atoms with Crippen LogP contribution in [0.1, 0.15) is 30.1 Å². The fraction of sp³-hybridized carbons (Fsp3) is 0.312. The summed E-state index contributed by atoms with van der Waals surface area (Å²) in [5, 5.41) is 0. The van der Waals surface area contributed by atoms with E-state index in [9.17, 15) is 14.4 Å². The van der Waals surface area contributed by atoms with Crippen LogP contribution in [-0.2, 0) is 14.3 Å². The van der Waals surface area contributed by atoms with Gasteiger partial charge in [-0.2, -0.15) is 0 Å². The minimum atomic E-state index is -0.475. The van der Waals surface area contributed by atoms with Gasteiger partial charge in [0.2, 0.25) is 5.91 Å². The van der Waals surface area contributed by atoms with Crippen LogP contribution in [0.15, 0.2) is 36.9 Å². The SMILES string of the molecule is C=CCOc1ccc(C(=O)NNC(=O)CCC(=O)OCC)cc1. The topological polar surface area (TPSA) is 93.7 Å². The van der Waals surface area contributed by atoms with E-state index in [4.69, 9.17) is 9.47 Å². The molecule has 7 heteroatoms. The van der Waals surface area contributed by atoms with E-state index in [0.717, 1.165) is 0 Å². The van der Waals surface area contributed by atoms with Crippen molar-refractivity contribution >= 4 is 17.8 Å². The second kappa shape index (κ2) is 9.99. The Morgan fingerprint density at radius 2 is 1.83 bits per heavy atom. The highest BCUT2D eigenvalue weighted by molar-refractivity contribution is 5.95. The minimum Gasteiger partial charge on any atom is -0.490 e. The van der Waals surface area contributed by atoms with E-state index in [-0.39, 0.29) is 19.4 Å². The summed E-state index contributed by atoms with van der Waals surface area (Å²) in [5.74, 6) is -0.786. The van der Waals surface area contributed by atoms with Gasteiger partial charge in [-0.15, -0.1) is 0 Å². The number of amides is 2. The van der Waals surface area contributed by atoms with E-state index in [1.54, 1.807) is 37.3 Å². The number of ether oxygens (including phenoxy) is 2. The fourth-order valence-corrected chi connectivity index (χ4v) is 1.57. The zero-order valence-electron chi connectivity index (χ0n) is 13.0. The third kappa shape index (κ3) is 7.12. The van der Waals surface area contributed by atoms with Crippen molar-refractivity contribution in [3.63, 3.8) is 0 Å². The van der Waals surface area contributed by atoms with Crippen LogP contribution >= 0.6 is 0 Å². The summed E-state index contributed by atoms with van der Waals surface area (Å²) < 4.78 is 10.0. The molecule has 0 unspecified atom stereocenters. The van der Waals surface area contributed by atoms with Crippen LogP contribution in [0.25, 0.3) is 0 Å². The van der Waals surface area contributed by atoms with Gasteiger partial charge in [-0.1, -0.05) is 12.7 Å². The Balaban J connectivity index is 2.36. The van der Waals surface area contributed by atoms with Gasteiger partial charge in [0.1, 0.15) is 12.4 Å². The summed E-state index contributed by atoms with van der Waals surface area (Å²) in [6.07, 6.45) is 1.52. The van der Waals surface area contributed by atoms with Crippen molar-refractivity contribution in [1.82, 2.24) is 10.9 Å². The second-order valence-corrected chi connectivity index (χ2v) is 4.43. The van der Waals surface area contributed by atoms with Gasteiger partial charge in [-0.3, -0.25) is 25.2 Å². The van der Waals surface area contributed by atoms with Gasteiger partial charge in [0, 0.05) is 12.0 Å². The molecule has 0 aromatic heterocycles. The maximum Gasteiger partial charge on any atom is 0.306 e. The van der Waals surface area contributed by atoms with Crippen LogP contribution in [0, 0.1) is 0 Å². The molecular formula is C16H20N2O5. The molecule has 0 heterocycles. The first-order valence-electron chi connectivity index (χ1n) is 7.15. The molecule has 1 aromatic carbocycles. The van der Waals surface area contributed by atoms with E-state index in [2.05, 4.69) is 17.4 Å². The number of carbonyl (C=O) groups is 3. The number of hydrogen-bond donors (Lipinski definition) is 2. The number of nitrogens with one attached hydrogen (secondary N) is 2. The Kier molecular flexibility index (Phi) is 7.91. The lowest BCUT2D eigenvalue weighted by Gasteiger charge is -2.08. The lowest BCUT2D eigenvalue weighted by Crippen LogP contribution is -2.41. The smallest absolute Gasteiger partial charge is 0.306 e. The molecule has 0 saturated heterocycles. The molecule has 0 aliphatic heterocycles. The van der Waals surface area contributed by atoms with Crippen LogP contribution in [0.4, 0.5) is 0 Å². The summed E-state index contributed by atoms with van der Waals surface area (Å²) >= 11 is 0. The summed E-state index contributed by atoms with van der Waals surface area (Å²) in [5.41, 5.74) is 4.87. The zero-order chi connectivity index (χ0) is 17.1. The van der Waals surface area contributed by atoms with Crippen molar-refractivity contribution in [3.05, 3.63) is 42.5 Å². The lowest BCUT2D eigenvalue weighted by molar-refractivity contribution is -0.144. The lowest BCUT2D eigenvalue weighted by atomic mass is 10.2. The van der Waals surface area contributed by atoms with Gasteiger partial charge < -0.3 is 9.47 Å². The van der Waals surface area contributed by atoms with Crippen molar-refractivity contribution < 1.29 is 23.9 Å². The predicted octanol–water partition coefficient (Wildman–Crippen LogP) is 1.36. The largest absolute Gasteiger partial charge is 0.490 e. The number of hydrazine groups is 1. The highest BCUT2D eigenvalue weighted by Gasteiger charge is 2.10. The van der Waals surface area contributed by atoms with Gasteiger partial charge in [0.25, 0.3) is 5.91 Å². The van der Waals surface area contributed by atoms with E-state index >= 15 is 0 Å². The molecule has 2 amide bonds. The van der Waals surface area contributed by atoms with E-state index < -0.39 is 17.8 Å². The Bertz CT molecular complexity index is 554. The van der Waals surface area contributed by atoms with Crippen molar-refractivity contribution in [2.75, 3.05) is 13.2 Å². The van der Waals surface area contributed by atoms with Crippen molar-refractivity contribution in [1.29, 1.82) is 0 Å². The molecule has 1 rings (SSSR count). The number of hydrogen-bond acceptors (Lipinski definition) is 5. The molecule has 0 spiro atoms. The summed E-state index contributed by atoms with van der Waals surface area (Å²) in [4.78, 5) is 34.4. The maximum atomic E-state index is 11.8. The zero-order valence-corrected chi connectivity index (χ0v) is 13.0. The molecule has 0 bridgehead atoms. The Morgan fingerprint density at radius 3 is 2.43 bits per heavy atom. The van der Waals surface area contributed by atoms with Crippen molar-refractivity contribution in [3.8, 4) is 5.75 Å². The molecule has 0 fully saturated rings. The molecule has 124 valence electrons. The number of rotatable bonds is 8. The Hall–Kier alpha value is -2.83. The van der Waals surface area contributed by atoms with Gasteiger partial charge in [-0.25, -0.2) is 0 Å². The highest BCUT2D eigenvalue weighted by atomic mass is 16.5. The number of carbonyl (C=O) groups excluding carboxylic acids is 3. The first kappa shape index (κ1) is 18.2. The van der Waals surface area contributed by atoms with E-state index in [1.807, 2.05) is 0 Å².